The number of rotatable bonds is 6. The second-order valence-corrected chi connectivity index (χ2v) is 4.80. The fourth-order valence-corrected chi connectivity index (χ4v) is 1.99. The topological polar surface area (TPSA) is 67.4 Å². The summed E-state index contributed by atoms with van der Waals surface area (Å²) in [5.74, 6) is -0.687. The minimum absolute atomic E-state index is 0.0280. The molecule has 2 amide bonds. The molecule has 2 aromatic rings. The molecule has 2 rings (SSSR count). The summed E-state index contributed by atoms with van der Waals surface area (Å²) in [6.07, 6.45) is 0. The minimum Gasteiger partial charge on any atom is -0.435 e. The molecule has 0 saturated heterocycles. The van der Waals surface area contributed by atoms with Gasteiger partial charge in [0.25, 0.3) is 11.8 Å². The van der Waals surface area contributed by atoms with Crippen LogP contribution < -0.4 is 15.4 Å². The van der Waals surface area contributed by atoms with Gasteiger partial charge < -0.3 is 15.4 Å². The van der Waals surface area contributed by atoms with Gasteiger partial charge in [0.05, 0.1) is 0 Å². The number of carbonyl (C=O) groups is 2. The quantitative estimate of drug-likeness (QED) is 0.852. The van der Waals surface area contributed by atoms with E-state index in [4.69, 9.17) is 0 Å². The van der Waals surface area contributed by atoms with Crippen molar-refractivity contribution in [2.75, 3.05) is 11.9 Å². The van der Waals surface area contributed by atoms with Crippen molar-refractivity contribution in [3.63, 3.8) is 0 Å². The molecule has 0 fully saturated rings. The highest BCUT2D eigenvalue weighted by Crippen LogP contribution is 2.17. The van der Waals surface area contributed by atoms with Crippen LogP contribution in [0, 0.1) is 0 Å². The fourth-order valence-electron chi connectivity index (χ4n) is 1.99. The highest BCUT2D eigenvalue weighted by molar-refractivity contribution is 6.05. The lowest BCUT2D eigenvalue weighted by Gasteiger charge is -2.08. The van der Waals surface area contributed by atoms with Gasteiger partial charge in [-0.25, -0.2) is 0 Å². The first-order valence-electron chi connectivity index (χ1n) is 7.24. The molecule has 126 valence electrons. The normalized spacial score (nSPS) is 10.3. The van der Waals surface area contributed by atoms with Crippen molar-refractivity contribution >= 4 is 17.5 Å². The zero-order valence-electron chi connectivity index (χ0n) is 12.9. The summed E-state index contributed by atoms with van der Waals surface area (Å²) in [6.45, 7) is -0.602. The van der Waals surface area contributed by atoms with Crippen LogP contribution in [-0.2, 0) is 0 Å². The number of hydrogen-bond donors (Lipinski definition) is 2. The van der Waals surface area contributed by atoms with Crippen LogP contribution >= 0.6 is 0 Å². The average molecular weight is 334 g/mol. The summed E-state index contributed by atoms with van der Waals surface area (Å²) in [4.78, 5) is 23.9. The maximum atomic E-state index is 12.2. The Balaban J connectivity index is 2.06. The molecule has 0 aromatic heterocycles. The molecule has 0 unspecified atom stereocenters. The molecule has 0 atom stereocenters. The Kier molecular flexibility index (Phi) is 5.83. The lowest BCUT2D eigenvalue weighted by Crippen LogP contribution is -2.22. The summed E-state index contributed by atoms with van der Waals surface area (Å²) in [6, 6.07) is 11.8. The van der Waals surface area contributed by atoms with Gasteiger partial charge in [-0.3, -0.25) is 9.59 Å². The first-order valence-corrected chi connectivity index (χ1v) is 7.24. The van der Waals surface area contributed by atoms with E-state index in [-0.39, 0.29) is 17.2 Å². The Labute approximate surface area is 137 Å². The molecule has 2 aromatic carbocycles. The first kappa shape index (κ1) is 17.4. The van der Waals surface area contributed by atoms with Gasteiger partial charge in [0.15, 0.2) is 0 Å². The third-order valence-electron chi connectivity index (χ3n) is 3.06. The van der Waals surface area contributed by atoms with Gasteiger partial charge in [0.2, 0.25) is 0 Å². The SMILES string of the molecule is CCNC(=O)c1cccc(NC(=O)c2ccc(OC(F)F)cc2)c1. The van der Waals surface area contributed by atoms with E-state index < -0.39 is 12.5 Å². The molecular formula is C17H16F2N2O3. The van der Waals surface area contributed by atoms with Crippen LogP contribution in [0.4, 0.5) is 14.5 Å². The summed E-state index contributed by atoms with van der Waals surface area (Å²) in [7, 11) is 0. The maximum absolute atomic E-state index is 12.2. The molecule has 0 bridgehead atoms. The maximum Gasteiger partial charge on any atom is 0.387 e. The molecule has 0 aliphatic heterocycles. The largest absolute Gasteiger partial charge is 0.435 e. The zero-order chi connectivity index (χ0) is 17.5. The third-order valence-corrected chi connectivity index (χ3v) is 3.06. The number of amides is 2. The summed E-state index contributed by atoms with van der Waals surface area (Å²) in [5, 5.41) is 5.32. The predicted octanol–water partition coefficient (Wildman–Crippen LogP) is 3.29. The predicted molar refractivity (Wildman–Crippen MR) is 85.5 cm³/mol. The Morgan fingerprint density at radius 1 is 1.04 bits per heavy atom. The van der Waals surface area contributed by atoms with E-state index in [9.17, 15) is 18.4 Å². The molecular weight excluding hydrogens is 318 g/mol. The molecule has 0 heterocycles. The number of nitrogens with one attached hydrogen (secondary N) is 2. The highest BCUT2D eigenvalue weighted by Gasteiger charge is 2.10. The van der Waals surface area contributed by atoms with Gasteiger partial charge >= 0.3 is 6.61 Å². The molecule has 5 nitrogen and oxygen atoms in total. The Morgan fingerprint density at radius 2 is 1.75 bits per heavy atom. The zero-order valence-corrected chi connectivity index (χ0v) is 12.9. The molecule has 0 aliphatic carbocycles. The van der Waals surface area contributed by atoms with Crippen LogP contribution in [0.3, 0.4) is 0 Å². The number of halogens is 2. The van der Waals surface area contributed by atoms with E-state index in [0.717, 1.165) is 0 Å². The third kappa shape index (κ3) is 4.77. The molecule has 24 heavy (non-hydrogen) atoms. The number of alkyl halides is 2. The monoisotopic (exact) mass is 334 g/mol. The number of anilines is 1. The summed E-state index contributed by atoms with van der Waals surface area (Å²) < 4.78 is 28.4. The van der Waals surface area contributed by atoms with E-state index >= 15 is 0 Å². The van der Waals surface area contributed by atoms with Crippen LogP contribution in [-0.4, -0.2) is 25.0 Å². The standard InChI is InChI=1S/C17H16F2N2O3/c1-2-20-15(22)12-4-3-5-13(10-12)21-16(23)11-6-8-14(9-7-11)24-17(18)19/h3-10,17H,2H2,1H3,(H,20,22)(H,21,23). The van der Waals surface area contributed by atoms with E-state index in [1.165, 1.54) is 24.3 Å². The van der Waals surface area contributed by atoms with Gasteiger partial charge in [-0.1, -0.05) is 6.07 Å². The van der Waals surface area contributed by atoms with Crippen molar-refractivity contribution in [2.24, 2.45) is 0 Å². The van der Waals surface area contributed by atoms with Gasteiger partial charge in [0, 0.05) is 23.4 Å². The van der Waals surface area contributed by atoms with E-state index in [2.05, 4.69) is 15.4 Å². The molecule has 0 aliphatic rings. The van der Waals surface area contributed by atoms with Gasteiger partial charge in [-0.15, -0.1) is 0 Å². The van der Waals surface area contributed by atoms with Crippen LogP contribution in [0.2, 0.25) is 0 Å². The van der Waals surface area contributed by atoms with Crippen molar-refractivity contribution in [3.05, 3.63) is 59.7 Å². The van der Waals surface area contributed by atoms with Crippen molar-refractivity contribution in [1.82, 2.24) is 5.32 Å². The minimum atomic E-state index is -2.92. The second-order valence-electron chi connectivity index (χ2n) is 4.80. The highest BCUT2D eigenvalue weighted by atomic mass is 19.3. The van der Waals surface area contributed by atoms with Gasteiger partial charge in [0.1, 0.15) is 5.75 Å². The van der Waals surface area contributed by atoms with Crippen LogP contribution in [0.5, 0.6) is 5.75 Å². The molecule has 0 saturated carbocycles. The lowest BCUT2D eigenvalue weighted by atomic mass is 10.1. The Hall–Kier alpha value is -2.96. The Bertz CT molecular complexity index is 718. The molecule has 2 N–H and O–H groups in total. The number of carbonyl (C=O) groups excluding carboxylic acids is 2. The second kappa shape index (κ2) is 8.05. The first-order chi connectivity index (χ1) is 11.5. The van der Waals surface area contributed by atoms with E-state index in [1.54, 1.807) is 24.3 Å². The number of hydrogen-bond acceptors (Lipinski definition) is 3. The smallest absolute Gasteiger partial charge is 0.387 e. The van der Waals surface area contributed by atoms with Gasteiger partial charge in [-0.2, -0.15) is 8.78 Å². The van der Waals surface area contributed by atoms with E-state index in [0.29, 0.717) is 17.8 Å². The molecule has 0 radical (unpaired) electrons. The fraction of sp³-hybridized carbons (Fsp3) is 0.176. The van der Waals surface area contributed by atoms with Crippen LogP contribution in [0.1, 0.15) is 27.6 Å². The molecule has 0 spiro atoms. The van der Waals surface area contributed by atoms with Crippen molar-refractivity contribution in [2.45, 2.75) is 13.5 Å². The van der Waals surface area contributed by atoms with Crippen LogP contribution in [0.25, 0.3) is 0 Å². The molecule has 7 heteroatoms. The van der Waals surface area contributed by atoms with Crippen molar-refractivity contribution in [1.29, 1.82) is 0 Å². The summed E-state index contributed by atoms with van der Waals surface area (Å²) >= 11 is 0. The van der Waals surface area contributed by atoms with Crippen LogP contribution in [0.15, 0.2) is 48.5 Å². The van der Waals surface area contributed by atoms with Crippen molar-refractivity contribution < 1.29 is 23.1 Å². The average Bonchev–Trinajstić information content (AvgIpc) is 2.55. The lowest BCUT2D eigenvalue weighted by molar-refractivity contribution is -0.0498. The number of benzene rings is 2. The van der Waals surface area contributed by atoms with Gasteiger partial charge in [-0.05, 0) is 49.4 Å². The Morgan fingerprint density at radius 3 is 2.38 bits per heavy atom. The summed E-state index contributed by atoms with van der Waals surface area (Å²) in [5.41, 5.74) is 1.16. The van der Waals surface area contributed by atoms with E-state index in [1.807, 2.05) is 6.92 Å². The van der Waals surface area contributed by atoms with Crippen molar-refractivity contribution in [3.8, 4) is 5.75 Å². The number of ether oxygens (including phenoxy) is 1.